The zero-order chi connectivity index (χ0) is 19.7. The van der Waals surface area contributed by atoms with Gasteiger partial charge >= 0.3 is 0 Å². The third kappa shape index (κ3) is 6.68. The van der Waals surface area contributed by atoms with Crippen molar-refractivity contribution in [3.63, 3.8) is 0 Å². The highest BCUT2D eigenvalue weighted by Crippen LogP contribution is 2.17. The van der Waals surface area contributed by atoms with Gasteiger partial charge in [0.1, 0.15) is 6.04 Å². The van der Waals surface area contributed by atoms with Crippen LogP contribution in [0.4, 0.5) is 0 Å². The smallest absolute Gasteiger partial charge is 0.242 e. The minimum absolute atomic E-state index is 0.179. The Morgan fingerprint density at radius 2 is 1.81 bits per heavy atom. The minimum atomic E-state index is -0.745. The van der Waals surface area contributed by atoms with Crippen molar-refractivity contribution in [3.05, 3.63) is 66.0 Å². The second kappa shape index (κ2) is 10.1. The Labute approximate surface area is 165 Å². The SMILES string of the molecule is CC(C)(CCl)C(=O)NC(Cc1ccccc1)C(=O)NCCc1ccccn1. The number of hydrogen-bond acceptors (Lipinski definition) is 3. The molecule has 144 valence electrons. The van der Waals surface area contributed by atoms with Crippen molar-refractivity contribution in [3.8, 4) is 0 Å². The molecule has 0 fully saturated rings. The number of alkyl halides is 1. The van der Waals surface area contributed by atoms with Gasteiger partial charge in [0.25, 0.3) is 0 Å². The van der Waals surface area contributed by atoms with Crippen LogP contribution in [-0.2, 0) is 22.4 Å². The van der Waals surface area contributed by atoms with E-state index in [1.807, 2.05) is 48.5 Å². The molecule has 0 saturated carbocycles. The van der Waals surface area contributed by atoms with Crippen LogP contribution in [0.15, 0.2) is 54.7 Å². The fraction of sp³-hybridized carbons (Fsp3) is 0.381. The summed E-state index contributed by atoms with van der Waals surface area (Å²) in [5.74, 6) is -0.273. The summed E-state index contributed by atoms with van der Waals surface area (Å²) in [5.41, 5.74) is 1.14. The Hall–Kier alpha value is -2.40. The molecule has 1 aromatic heterocycles. The van der Waals surface area contributed by atoms with E-state index in [1.54, 1.807) is 20.0 Å². The van der Waals surface area contributed by atoms with Gasteiger partial charge in [0, 0.05) is 37.2 Å². The molecule has 2 rings (SSSR count). The number of benzene rings is 1. The maximum absolute atomic E-state index is 12.7. The number of carbonyl (C=O) groups is 2. The van der Waals surface area contributed by atoms with E-state index < -0.39 is 11.5 Å². The second-order valence-electron chi connectivity index (χ2n) is 7.10. The van der Waals surface area contributed by atoms with Gasteiger partial charge in [0.15, 0.2) is 0 Å². The van der Waals surface area contributed by atoms with Crippen LogP contribution in [0.25, 0.3) is 0 Å². The lowest BCUT2D eigenvalue weighted by Gasteiger charge is -2.25. The Bertz CT molecular complexity index is 736. The topological polar surface area (TPSA) is 71.1 Å². The van der Waals surface area contributed by atoms with E-state index in [-0.39, 0.29) is 17.7 Å². The number of nitrogens with one attached hydrogen (secondary N) is 2. The fourth-order valence-electron chi connectivity index (χ4n) is 2.46. The molecule has 0 aliphatic carbocycles. The van der Waals surface area contributed by atoms with Crippen molar-refractivity contribution in [1.29, 1.82) is 0 Å². The van der Waals surface area contributed by atoms with Gasteiger partial charge in [-0.1, -0.05) is 36.4 Å². The van der Waals surface area contributed by atoms with E-state index in [2.05, 4.69) is 15.6 Å². The first-order valence-corrected chi connectivity index (χ1v) is 9.54. The third-order valence-electron chi connectivity index (χ3n) is 4.26. The molecule has 1 unspecified atom stereocenters. The van der Waals surface area contributed by atoms with Gasteiger partial charge in [-0.15, -0.1) is 11.6 Å². The molecule has 1 atom stereocenters. The monoisotopic (exact) mass is 387 g/mol. The molecule has 0 aliphatic rings. The van der Waals surface area contributed by atoms with Crippen molar-refractivity contribution in [2.24, 2.45) is 5.41 Å². The minimum Gasteiger partial charge on any atom is -0.354 e. The van der Waals surface area contributed by atoms with Gasteiger partial charge in [-0.3, -0.25) is 14.6 Å². The zero-order valence-corrected chi connectivity index (χ0v) is 16.5. The average molecular weight is 388 g/mol. The normalized spacial score (nSPS) is 12.3. The molecular formula is C21H26ClN3O2. The third-order valence-corrected chi connectivity index (χ3v) is 4.93. The predicted molar refractivity (Wildman–Crippen MR) is 108 cm³/mol. The van der Waals surface area contributed by atoms with E-state index in [0.29, 0.717) is 19.4 Å². The van der Waals surface area contributed by atoms with Crippen LogP contribution in [-0.4, -0.2) is 35.3 Å². The number of halogens is 1. The highest BCUT2D eigenvalue weighted by Gasteiger charge is 2.30. The summed E-state index contributed by atoms with van der Waals surface area (Å²) < 4.78 is 0. The number of amides is 2. The van der Waals surface area contributed by atoms with Gasteiger partial charge < -0.3 is 10.6 Å². The van der Waals surface area contributed by atoms with E-state index in [0.717, 1.165) is 11.3 Å². The lowest BCUT2D eigenvalue weighted by atomic mass is 9.94. The maximum Gasteiger partial charge on any atom is 0.242 e. The van der Waals surface area contributed by atoms with Crippen molar-refractivity contribution < 1.29 is 9.59 Å². The highest BCUT2D eigenvalue weighted by atomic mass is 35.5. The number of aromatic nitrogens is 1. The molecule has 6 heteroatoms. The van der Waals surface area contributed by atoms with Crippen molar-refractivity contribution in [2.45, 2.75) is 32.7 Å². The molecule has 0 spiro atoms. The van der Waals surface area contributed by atoms with Crippen molar-refractivity contribution >= 4 is 23.4 Å². The molecule has 2 aromatic rings. The summed E-state index contributed by atoms with van der Waals surface area (Å²) in [6.45, 7) is 3.97. The number of rotatable bonds is 9. The largest absolute Gasteiger partial charge is 0.354 e. The molecule has 5 nitrogen and oxygen atoms in total. The summed E-state index contributed by atoms with van der Waals surface area (Å²) in [6.07, 6.45) is 2.77. The van der Waals surface area contributed by atoms with Crippen LogP contribution < -0.4 is 10.6 Å². The van der Waals surface area contributed by atoms with Crippen LogP contribution in [0.3, 0.4) is 0 Å². The first-order chi connectivity index (χ1) is 12.9. The molecule has 0 bridgehead atoms. The number of nitrogens with zero attached hydrogens (tertiary/aromatic N) is 1. The fourth-order valence-corrected chi connectivity index (χ4v) is 2.58. The van der Waals surface area contributed by atoms with Gasteiger partial charge in [-0.05, 0) is 31.5 Å². The standard InChI is InChI=1S/C21H26ClN3O2/c1-21(2,15-22)20(27)25-18(14-16-8-4-3-5-9-16)19(26)24-13-11-17-10-6-7-12-23-17/h3-10,12,18H,11,13-15H2,1-2H3,(H,24,26)(H,25,27). The molecule has 2 N–H and O–H groups in total. The Morgan fingerprint density at radius 1 is 1.11 bits per heavy atom. The summed E-state index contributed by atoms with van der Waals surface area (Å²) >= 11 is 5.89. The summed E-state index contributed by atoms with van der Waals surface area (Å²) in [5, 5.41) is 5.75. The van der Waals surface area contributed by atoms with E-state index in [1.165, 1.54) is 0 Å². The molecule has 27 heavy (non-hydrogen) atoms. The highest BCUT2D eigenvalue weighted by molar-refractivity contribution is 6.19. The van der Waals surface area contributed by atoms with Crippen LogP contribution in [0.1, 0.15) is 25.1 Å². The summed E-state index contributed by atoms with van der Waals surface area (Å²) in [6, 6.07) is 14.6. The van der Waals surface area contributed by atoms with E-state index in [9.17, 15) is 9.59 Å². The number of pyridine rings is 1. The first-order valence-electron chi connectivity index (χ1n) is 9.01. The Balaban J connectivity index is 2.01. The number of hydrogen-bond donors (Lipinski definition) is 2. The maximum atomic E-state index is 12.7. The van der Waals surface area contributed by atoms with Gasteiger partial charge in [0.05, 0.1) is 5.41 Å². The average Bonchev–Trinajstić information content (AvgIpc) is 2.69. The van der Waals surface area contributed by atoms with Crippen LogP contribution >= 0.6 is 11.6 Å². The van der Waals surface area contributed by atoms with Crippen LogP contribution in [0.5, 0.6) is 0 Å². The predicted octanol–water partition coefficient (Wildman–Crippen LogP) is 2.73. The van der Waals surface area contributed by atoms with Crippen molar-refractivity contribution in [2.75, 3.05) is 12.4 Å². The molecule has 1 aromatic carbocycles. The quantitative estimate of drug-likeness (QED) is 0.650. The lowest BCUT2D eigenvalue weighted by Crippen LogP contribution is -2.52. The first kappa shape index (κ1) is 20.9. The van der Waals surface area contributed by atoms with Gasteiger partial charge in [-0.2, -0.15) is 0 Å². The molecule has 1 heterocycles. The summed E-state index contributed by atoms with van der Waals surface area (Å²) in [7, 11) is 0. The van der Waals surface area contributed by atoms with Gasteiger partial charge in [0.2, 0.25) is 11.8 Å². The van der Waals surface area contributed by atoms with Crippen molar-refractivity contribution in [1.82, 2.24) is 15.6 Å². The van der Waals surface area contributed by atoms with Crippen LogP contribution in [0, 0.1) is 5.41 Å². The Kier molecular flexibility index (Phi) is 7.80. The zero-order valence-electron chi connectivity index (χ0n) is 15.7. The van der Waals surface area contributed by atoms with Crippen LogP contribution in [0.2, 0.25) is 0 Å². The molecular weight excluding hydrogens is 362 g/mol. The molecule has 0 saturated heterocycles. The second-order valence-corrected chi connectivity index (χ2v) is 7.36. The molecule has 0 radical (unpaired) electrons. The van der Waals surface area contributed by atoms with E-state index >= 15 is 0 Å². The Morgan fingerprint density at radius 3 is 2.44 bits per heavy atom. The van der Waals surface area contributed by atoms with E-state index in [4.69, 9.17) is 11.6 Å². The number of carbonyl (C=O) groups excluding carboxylic acids is 2. The molecule has 2 amide bonds. The molecule has 0 aliphatic heterocycles. The lowest BCUT2D eigenvalue weighted by molar-refractivity contribution is -0.133. The van der Waals surface area contributed by atoms with Gasteiger partial charge in [-0.25, -0.2) is 0 Å². The summed E-state index contributed by atoms with van der Waals surface area (Å²) in [4.78, 5) is 29.5.